The van der Waals surface area contributed by atoms with Crippen LogP contribution in [-0.2, 0) is 4.79 Å². The summed E-state index contributed by atoms with van der Waals surface area (Å²) >= 11 is 0. The molecule has 1 saturated carbocycles. The van der Waals surface area contributed by atoms with E-state index in [1.807, 2.05) is 48.0 Å². The molecule has 26 heavy (non-hydrogen) atoms. The maximum atomic E-state index is 12.8. The number of rotatable bonds is 4. The quantitative estimate of drug-likeness (QED) is 0.743. The standard InChI is InChI=1S/C22H25N3O/c1-16(22(26)23-18-12-6-3-7-13-18)25-20-15-9-8-14-19(20)21(24-25)17-10-4-2-5-11-17/h2,4-5,8-11,14-16,18H,3,6-7,12-13H2,1H3,(H,23,26)/t16-/m1/s1. The number of aromatic nitrogens is 2. The fraction of sp³-hybridized carbons (Fsp3) is 0.364. The number of carbonyl (C=O) groups excluding carboxylic acids is 1. The molecule has 4 heteroatoms. The van der Waals surface area contributed by atoms with E-state index in [4.69, 9.17) is 5.10 Å². The monoisotopic (exact) mass is 347 g/mol. The number of benzene rings is 2. The summed E-state index contributed by atoms with van der Waals surface area (Å²) in [6, 6.07) is 18.3. The number of hydrogen-bond donors (Lipinski definition) is 1. The third kappa shape index (κ3) is 3.24. The molecule has 0 spiro atoms. The summed E-state index contributed by atoms with van der Waals surface area (Å²) in [4.78, 5) is 12.8. The van der Waals surface area contributed by atoms with E-state index < -0.39 is 0 Å². The van der Waals surface area contributed by atoms with E-state index in [0.717, 1.165) is 35.0 Å². The molecule has 4 nitrogen and oxygen atoms in total. The average Bonchev–Trinajstić information content (AvgIpc) is 3.08. The van der Waals surface area contributed by atoms with Crippen LogP contribution in [0.4, 0.5) is 0 Å². The van der Waals surface area contributed by atoms with Gasteiger partial charge in [0.25, 0.3) is 0 Å². The van der Waals surface area contributed by atoms with Gasteiger partial charge in [0.1, 0.15) is 11.7 Å². The minimum atomic E-state index is -0.334. The van der Waals surface area contributed by atoms with Crippen molar-refractivity contribution in [2.45, 2.75) is 51.1 Å². The summed E-state index contributed by atoms with van der Waals surface area (Å²) < 4.78 is 1.87. The van der Waals surface area contributed by atoms with E-state index in [1.165, 1.54) is 19.3 Å². The van der Waals surface area contributed by atoms with Crippen LogP contribution in [-0.4, -0.2) is 21.7 Å². The molecule has 1 aliphatic carbocycles. The number of fused-ring (bicyclic) bond motifs is 1. The van der Waals surface area contributed by atoms with Crippen LogP contribution in [0.15, 0.2) is 54.6 Å². The van der Waals surface area contributed by atoms with Crippen molar-refractivity contribution >= 4 is 16.8 Å². The normalized spacial score (nSPS) is 16.5. The number of nitrogens with zero attached hydrogens (tertiary/aromatic N) is 2. The predicted molar refractivity (Wildman–Crippen MR) is 105 cm³/mol. The van der Waals surface area contributed by atoms with E-state index in [2.05, 4.69) is 23.5 Å². The van der Waals surface area contributed by atoms with Crippen molar-refractivity contribution in [2.75, 3.05) is 0 Å². The van der Waals surface area contributed by atoms with Crippen molar-refractivity contribution in [3.8, 4) is 11.3 Å². The molecule has 1 heterocycles. The smallest absolute Gasteiger partial charge is 0.244 e. The van der Waals surface area contributed by atoms with Crippen LogP contribution in [0.3, 0.4) is 0 Å². The molecule has 1 aliphatic rings. The molecule has 0 unspecified atom stereocenters. The Morgan fingerprint density at radius 2 is 1.73 bits per heavy atom. The molecule has 1 fully saturated rings. The van der Waals surface area contributed by atoms with Gasteiger partial charge >= 0.3 is 0 Å². The maximum absolute atomic E-state index is 12.8. The molecule has 1 aromatic heterocycles. The first kappa shape index (κ1) is 16.8. The van der Waals surface area contributed by atoms with E-state index >= 15 is 0 Å². The summed E-state index contributed by atoms with van der Waals surface area (Å²) in [7, 11) is 0. The molecule has 4 rings (SSSR count). The highest BCUT2D eigenvalue weighted by Crippen LogP contribution is 2.29. The Kier molecular flexibility index (Phi) is 4.74. The first-order valence-corrected chi connectivity index (χ1v) is 9.57. The van der Waals surface area contributed by atoms with Gasteiger partial charge in [-0.2, -0.15) is 5.10 Å². The molecule has 0 radical (unpaired) electrons. The average molecular weight is 347 g/mol. The molecule has 1 N–H and O–H groups in total. The van der Waals surface area contributed by atoms with Crippen LogP contribution in [0, 0.1) is 0 Å². The van der Waals surface area contributed by atoms with Gasteiger partial charge in [-0.05, 0) is 25.8 Å². The lowest BCUT2D eigenvalue weighted by molar-refractivity contribution is -0.124. The third-order valence-electron chi connectivity index (χ3n) is 5.36. The molecule has 0 bridgehead atoms. The number of para-hydroxylation sites is 1. The SMILES string of the molecule is C[C@H](C(=O)NC1CCCCC1)n1nc(-c2ccccc2)c2ccccc21. The van der Waals surface area contributed by atoms with Gasteiger partial charge < -0.3 is 5.32 Å². The van der Waals surface area contributed by atoms with Gasteiger partial charge in [0.05, 0.1) is 5.52 Å². The second-order valence-electron chi connectivity index (χ2n) is 7.20. The van der Waals surface area contributed by atoms with E-state index in [0.29, 0.717) is 6.04 Å². The summed E-state index contributed by atoms with van der Waals surface area (Å²) in [6.07, 6.45) is 5.89. The number of hydrogen-bond acceptors (Lipinski definition) is 2. The van der Waals surface area contributed by atoms with Crippen LogP contribution >= 0.6 is 0 Å². The van der Waals surface area contributed by atoms with Crippen molar-refractivity contribution in [1.29, 1.82) is 0 Å². The van der Waals surface area contributed by atoms with Gasteiger partial charge in [0, 0.05) is 17.0 Å². The molecule has 134 valence electrons. The van der Waals surface area contributed by atoms with E-state index in [-0.39, 0.29) is 11.9 Å². The van der Waals surface area contributed by atoms with Crippen LogP contribution in [0.25, 0.3) is 22.2 Å². The van der Waals surface area contributed by atoms with Crippen molar-refractivity contribution < 1.29 is 4.79 Å². The summed E-state index contributed by atoms with van der Waals surface area (Å²) in [5, 5.41) is 9.14. The van der Waals surface area contributed by atoms with Crippen LogP contribution in [0.2, 0.25) is 0 Å². The molecule has 1 atom stereocenters. The first-order chi connectivity index (χ1) is 12.7. The van der Waals surface area contributed by atoms with E-state index in [1.54, 1.807) is 0 Å². The summed E-state index contributed by atoms with van der Waals surface area (Å²) in [5.41, 5.74) is 3.00. The Bertz CT molecular complexity index is 894. The van der Waals surface area contributed by atoms with Crippen LogP contribution in [0.5, 0.6) is 0 Å². The number of amides is 1. The fourth-order valence-corrected chi connectivity index (χ4v) is 3.87. The Morgan fingerprint density at radius 1 is 1.04 bits per heavy atom. The zero-order chi connectivity index (χ0) is 17.9. The lowest BCUT2D eigenvalue weighted by atomic mass is 9.95. The first-order valence-electron chi connectivity index (χ1n) is 9.57. The Morgan fingerprint density at radius 3 is 2.50 bits per heavy atom. The molecular formula is C22H25N3O. The van der Waals surface area contributed by atoms with Crippen molar-refractivity contribution in [3.05, 3.63) is 54.6 Å². The van der Waals surface area contributed by atoms with Crippen molar-refractivity contribution in [3.63, 3.8) is 0 Å². The lowest BCUT2D eigenvalue weighted by Crippen LogP contribution is -2.40. The predicted octanol–water partition coefficient (Wildman–Crippen LogP) is 4.71. The highest BCUT2D eigenvalue weighted by Gasteiger charge is 2.23. The second kappa shape index (κ2) is 7.32. The van der Waals surface area contributed by atoms with Gasteiger partial charge in [0.2, 0.25) is 5.91 Å². The zero-order valence-corrected chi connectivity index (χ0v) is 15.2. The summed E-state index contributed by atoms with van der Waals surface area (Å²) in [5.74, 6) is 0.0600. The Balaban J connectivity index is 1.66. The molecule has 0 saturated heterocycles. The third-order valence-corrected chi connectivity index (χ3v) is 5.36. The molecule has 2 aromatic carbocycles. The summed E-state index contributed by atoms with van der Waals surface area (Å²) in [6.45, 7) is 1.94. The van der Waals surface area contributed by atoms with Gasteiger partial charge in [-0.3, -0.25) is 9.48 Å². The van der Waals surface area contributed by atoms with Gasteiger partial charge in [0.15, 0.2) is 0 Å². The van der Waals surface area contributed by atoms with Gasteiger partial charge in [-0.25, -0.2) is 0 Å². The topological polar surface area (TPSA) is 46.9 Å². The van der Waals surface area contributed by atoms with E-state index in [9.17, 15) is 4.79 Å². The highest BCUT2D eigenvalue weighted by atomic mass is 16.2. The molecule has 1 amide bonds. The van der Waals surface area contributed by atoms with Crippen molar-refractivity contribution in [2.24, 2.45) is 0 Å². The molecule has 3 aromatic rings. The largest absolute Gasteiger partial charge is 0.352 e. The van der Waals surface area contributed by atoms with Gasteiger partial charge in [-0.1, -0.05) is 67.8 Å². The molecule has 0 aliphatic heterocycles. The Labute approximate surface area is 154 Å². The minimum Gasteiger partial charge on any atom is -0.352 e. The Hall–Kier alpha value is -2.62. The number of carbonyl (C=O) groups is 1. The maximum Gasteiger partial charge on any atom is 0.244 e. The van der Waals surface area contributed by atoms with Crippen LogP contribution < -0.4 is 5.32 Å². The highest BCUT2D eigenvalue weighted by molar-refractivity contribution is 5.94. The van der Waals surface area contributed by atoms with Gasteiger partial charge in [-0.15, -0.1) is 0 Å². The minimum absolute atomic E-state index is 0.0600. The van der Waals surface area contributed by atoms with Crippen molar-refractivity contribution in [1.82, 2.24) is 15.1 Å². The van der Waals surface area contributed by atoms with Crippen LogP contribution in [0.1, 0.15) is 45.1 Å². The second-order valence-corrected chi connectivity index (χ2v) is 7.20. The zero-order valence-electron chi connectivity index (χ0n) is 15.2. The molecular weight excluding hydrogens is 322 g/mol. The fourth-order valence-electron chi connectivity index (χ4n) is 3.87. The lowest BCUT2D eigenvalue weighted by Gasteiger charge is -2.24. The number of nitrogens with one attached hydrogen (secondary N) is 1.